The van der Waals surface area contributed by atoms with Crippen LogP contribution in [0.25, 0.3) is 0 Å². The molecule has 1 aliphatic carbocycles. The molecule has 7 heteroatoms. The molecule has 24 heavy (non-hydrogen) atoms. The molecule has 0 saturated heterocycles. The topological polar surface area (TPSA) is 76.7 Å². The third kappa shape index (κ3) is 4.99. The third-order valence-electron chi connectivity index (χ3n) is 4.08. The van der Waals surface area contributed by atoms with Crippen molar-refractivity contribution in [2.75, 3.05) is 20.8 Å². The molecule has 0 aromatic heterocycles. The number of ether oxygens (including phenoxy) is 2. The van der Waals surface area contributed by atoms with Gasteiger partial charge in [-0.2, -0.15) is 0 Å². The summed E-state index contributed by atoms with van der Waals surface area (Å²) in [5.41, 5.74) is 0.504. The fraction of sp³-hybridized carbons (Fsp3) is 0.529. The van der Waals surface area contributed by atoms with Crippen molar-refractivity contribution in [3.8, 4) is 11.5 Å². The quantitative estimate of drug-likeness (QED) is 0.632. The molecule has 0 spiro atoms. The molecule has 1 aromatic carbocycles. The minimum absolute atomic E-state index is 0.00999. The fourth-order valence-corrected chi connectivity index (χ4v) is 3.47. The Kier molecular flexibility index (Phi) is 7.14. The Labute approximate surface area is 155 Å². The van der Waals surface area contributed by atoms with Crippen LogP contribution in [0.2, 0.25) is 0 Å². The van der Waals surface area contributed by atoms with Crippen LogP contribution in [-0.2, 0) is 4.79 Å². The minimum Gasteiger partial charge on any atom is -0.493 e. The average molecular weight is 446 g/mol. The molecule has 0 unspecified atom stereocenters. The second-order valence-corrected chi connectivity index (χ2v) is 6.90. The summed E-state index contributed by atoms with van der Waals surface area (Å²) in [6, 6.07) is 3.70. The van der Waals surface area contributed by atoms with Gasteiger partial charge in [-0.05, 0) is 47.6 Å². The molecular weight excluding hydrogens is 423 g/mol. The lowest BCUT2D eigenvalue weighted by molar-refractivity contribution is -0.121. The largest absolute Gasteiger partial charge is 0.493 e. The molecule has 132 valence electrons. The molecule has 1 aliphatic rings. The molecule has 2 N–H and O–H groups in total. The Morgan fingerprint density at radius 1 is 1.17 bits per heavy atom. The van der Waals surface area contributed by atoms with Crippen LogP contribution in [0.15, 0.2) is 12.1 Å². The smallest absolute Gasteiger partial charge is 0.252 e. The van der Waals surface area contributed by atoms with E-state index in [2.05, 4.69) is 33.2 Å². The molecule has 2 rings (SSSR count). The van der Waals surface area contributed by atoms with E-state index < -0.39 is 0 Å². The van der Waals surface area contributed by atoms with E-state index in [1.165, 1.54) is 20.0 Å². The zero-order valence-corrected chi connectivity index (χ0v) is 16.1. The fourth-order valence-electron chi connectivity index (χ4n) is 2.78. The summed E-state index contributed by atoms with van der Waals surface area (Å²) in [4.78, 5) is 24.2. The summed E-state index contributed by atoms with van der Waals surface area (Å²) >= 11 is 2.08. The molecule has 1 aromatic rings. The van der Waals surface area contributed by atoms with E-state index in [9.17, 15) is 9.59 Å². The van der Waals surface area contributed by atoms with Crippen molar-refractivity contribution in [1.82, 2.24) is 10.6 Å². The number of methoxy groups -OCH3 is 2. The third-order valence-corrected chi connectivity index (χ3v) is 4.97. The van der Waals surface area contributed by atoms with Crippen LogP contribution in [0.4, 0.5) is 0 Å². The Morgan fingerprint density at radius 3 is 2.42 bits per heavy atom. The Bertz CT molecular complexity index is 600. The van der Waals surface area contributed by atoms with Gasteiger partial charge in [-0.15, -0.1) is 0 Å². The molecule has 2 amide bonds. The van der Waals surface area contributed by atoms with Crippen molar-refractivity contribution >= 4 is 34.4 Å². The summed E-state index contributed by atoms with van der Waals surface area (Å²) < 4.78 is 11.2. The number of carbonyl (C=O) groups is 2. The molecule has 0 aliphatic heterocycles. The van der Waals surface area contributed by atoms with Gasteiger partial charge in [-0.25, -0.2) is 0 Å². The van der Waals surface area contributed by atoms with Crippen LogP contribution in [0.1, 0.15) is 42.5 Å². The number of hydrogen-bond acceptors (Lipinski definition) is 4. The Morgan fingerprint density at radius 2 is 1.79 bits per heavy atom. The first-order valence-electron chi connectivity index (χ1n) is 8.04. The van der Waals surface area contributed by atoms with E-state index in [4.69, 9.17) is 9.47 Å². The van der Waals surface area contributed by atoms with Crippen LogP contribution in [0.3, 0.4) is 0 Å². The molecule has 0 heterocycles. The highest BCUT2D eigenvalue weighted by atomic mass is 127. The lowest BCUT2D eigenvalue weighted by Crippen LogP contribution is -2.35. The van der Waals surface area contributed by atoms with Crippen LogP contribution < -0.4 is 20.1 Å². The van der Waals surface area contributed by atoms with Gasteiger partial charge in [0.25, 0.3) is 5.91 Å². The van der Waals surface area contributed by atoms with Gasteiger partial charge in [0.05, 0.1) is 19.8 Å². The molecule has 1 fully saturated rings. The van der Waals surface area contributed by atoms with Gasteiger partial charge in [0.1, 0.15) is 0 Å². The van der Waals surface area contributed by atoms with E-state index in [-0.39, 0.29) is 18.2 Å². The van der Waals surface area contributed by atoms with Crippen molar-refractivity contribution in [3.05, 3.63) is 21.3 Å². The zero-order chi connectivity index (χ0) is 17.5. The van der Waals surface area contributed by atoms with Crippen LogP contribution in [0, 0.1) is 3.57 Å². The Balaban J connectivity index is 1.86. The first-order chi connectivity index (χ1) is 11.5. The standard InChI is InChI=1S/C17H23IN2O4/c1-23-14-9-12(13(18)10-15(14)24-2)17(22)19-8-7-16(21)20-11-5-3-4-6-11/h9-11H,3-8H2,1-2H3,(H,19,22)(H,20,21). The highest BCUT2D eigenvalue weighted by Crippen LogP contribution is 2.31. The summed E-state index contributed by atoms with van der Waals surface area (Å²) in [5.74, 6) is 0.842. The normalized spacial score (nSPS) is 14.3. The molecule has 6 nitrogen and oxygen atoms in total. The van der Waals surface area contributed by atoms with Gasteiger partial charge in [-0.1, -0.05) is 12.8 Å². The molecular formula is C17H23IN2O4. The summed E-state index contributed by atoms with van der Waals surface area (Å²) in [6.07, 6.45) is 4.76. The second kappa shape index (κ2) is 9.10. The van der Waals surface area contributed by atoms with Crippen LogP contribution in [-0.4, -0.2) is 38.6 Å². The van der Waals surface area contributed by atoms with Gasteiger partial charge >= 0.3 is 0 Å². The van der Waals surface area contributed by atoms with Gasteiger partial charge in [0, 0.05) is 22.6 Å². The van der Waals surface area contributed by atoms with Gasteiger partial charge in [0.15, 0.2) is 11.5 Å². The highest BCUT2D eigenvalue weighted by Gasteiger charge is 2.18. The summed E-state index contributed by atoms with van der Waals surface area (Å²) in [5, 5.41) is 5.79. The molecule has 0 bridgehead atoms. The Hall–Kier alpha value is -1.51. The zero-order valence-electron chi connectivity index (χ0n) is 14.0. The van der Waals surface area contributed by atoms with Crippen molar-refractivity contribution < 1.29 is 19.1 Å². The predicted octanol–water partition coefficient (Wildman–Crippen LogP) is 2.49. The van der Waals surface area contributed by atoms with Gasteiger partial charge in [0.2, 0.25) is 5.91 Å². The number of amides is 2. The average Bonchev–Trinajstić information content (AvgIpc) is 3.07. The number of carbonyl (C=O) groups excluding carboxylic acids is 2. The minimum atomic E-state index is -0.228. The molecule has 1 saturated carbocycles. The molecule has 0 radical (unpaired) electrons. The molecule has 0 atom stereocenters. The number of halogens is 1. The van der Waals surface area contributed by atoms with Crippen molar-refractivity contribution in [1.29, 1.82) is 0 Å². The van der Waals surface area contributed by atoms with Gasteiger partial charge < -0.3 is 20.1 Å². The van der Waals surface area contributed by atoms with Crippen molar-refractivity contribution in [3.63, 3.8) is 0 Å². The van der Waals surface area contributed by atoms with E-state index in [0.717, 1.165) is 16.4 Å². The maximum atomic E-state index is 12.3. The maximum absolute atomic E-state index is 12.3. The predicted molar refractivity (Wildman–Crippen MR) is 99.6 cm³/mol. The van der Waals surface area contributed by atoms with Crippen molar-refractivity contribution in [2.24, 2.45) is 0 Å². The van der Waals surface area contributed by atoms with E-state index in [1.807, 2.05) is 0 Å². The van der Waals surface area contributed by atoms with Crippen LogP contribution >= 0.6 is 22.6 Å². The summed E-state index contributed by atoms with van der Waals surface area (Å²) in [7, 11) is 3.08. The van der Waals surface area contributed by atoms with Crippen molar-refractivity contribution in [2.45, 2.75) is 38.1 Å². The van der Waals surface area contributed by atoms with Crippen LogP contribution in [0.5, 0.6) is 11.5 Å². The second-order valence-electron chi connectivity index (χ2n) is 5.74. The van der Waals surface area contributed by atoms with Gasteiger partial charge in [-0.3, -0.25) is 9.59 Å². The first kappa shape index (κ1) is 18.8. The van der Waals surface area contributed by atoms with E-state index >= 15 is 0 Å². The number of nitrogens with one attached hydrogen (secondary N) is 2. The lowest BCUT2D eigenvalue weighted by Gasteiger charge is -2.13. The number of benzene rings is 1. The number of rotatable bonds is 7. The monoisotopic (exact) mass is 446 g/mol. The van der Waals surface area contributed by atoms with E-state index in [0.29, 0.717) is 29.6 Å². The first-order valence-corrected chi connectivity index (χ1v) is 9.12. The SMILES string of the molecule is COc1cc(I)c(C(=O)NCCC(=O)NC2CCCC2)cc1OC. The highest BCUT2D eigenvalue weighted by molar-refractivity contribution is 14.1. The lowest BCUT2D eigenvalue weighted by atomic mass is 10.2. The number of hydrogen-bond donors (Lipinski definition) is 2. The summed E-state index contributed by atoms with van der Waals surface area (Å²) in [6.45, 7) is 0.307. The maximum Gasteiger partial charge on any atom is 0.252 e. The van der Waals surface area contributed by atoms with E-state index in [1.54, 1.807) is 19.2 Å².